The van der Waals surface area contributed by atoms with Crippen LogP contribution >= 0.6 is 0 Å². The fourth-order valence-corrected chi connectivity index (χ4v) is 2.15. The fourth-order valence-electron chi connectivity index (χ4n) is 2.15. The standard InChI is InChI=1S/C20H21NO4/c1-3-25-20(23)18(21-19(22)16-7-5-4-6-8-16)14-11-15-9-12-17(24-2)13-10-15/h4-14,18H,3H2,1-2H3,(H,21,22)/b14-11+. The van der Waals surface area contributed by atoms with Crippen LogP contribution in [0.5, 0.6) is 5.75 Å². The molecule has 0 aliphatic rings. The van der Waals surface area contributed by atoms with Gasteiger partial charge in [0.15, 0.2) is 0 Å². The van der Waals surface area contributed by atoms with Gasteiger partial charge in [-0.15, -0.1) is 0 Å². The maximum Gasteiger partial charge on any atom is 0.332 e. The van der Waals surface area contributed by atoms with Crippen molar-refractivity contribution in [3.05, 3.63) is 71.8 Å². The van der Waals surface area contributed by atoms with Crippen LogP contribution in [0.1, 0.15) is 22.8 Å². The number of rotatable bonds is 7. The summed E-state index contributed by atoms with van der Waals surface area (Å²) in [5.41, 5.74) is 1.36. The molecule has 1 unspecified atom stereocenters. The molecule has 1 atom stereocenters. The summed E-state index contributed by atoms with van der Waals surface area (Å²) in [5, 5.41) is 2.69. The van der Waals surface area contributed by atoms with Crippen LogP contribution in [0.2, 0.25) is 0 Å². The monoisotopic (exact) mass is 339 g/mol. The summed E-state index contributed by atoms with van der Waals surface area (Å²) in [6.45, 7) is 1.97. The van der Waals surface area contributed by atoms with Crippen LogP contribution in [0.4, 0.5) is 0 Å². The lowest BCUT2D eigenvalue weighted by Crippen LogP contribution is -2.40. The van der Waals surface area contributed by atoms with E-state index in [2.05, 4.69) is 5.32 Å². The maximum atomic E-state index is 12.3. The molecule has 0 saturated heterocycles. The van der Waals surface area contributed by atoms with E-state index in [9.17, 15) is 9.59 Å². The molecule has 2 rings (SSSR count). The molecule has 0 radical (unpaired) electrons. The van der Waals surface area contributed by atoms with E-state index >= 15 is 0 Å². The van der Waals surface area contributed by atoms with Crippen molar-refractivity contribution in [2.45, 2.75) is 13.0 Å². The van der Waals surface area contributed by atoms with E-state index in [4.69, 9.17) is 9.47 Å². The van der Waals surface area contributed by atoms with Crippen LogP contribution in [-0.2, 0) is 9.53 Å². The number of ether oxygens (including phenoxy) is 2. The number of carbonyl (C=O) groups excluding carboxylic acids is 2. The molecule has 0 aromatic heterocycles. The van der Waals surface area contributed by atoms with E-state index in [-0.39, 0.29) is 12.5 Å². The molecule has 0 bridgehead atoms. The molecular weight excluding hydrogens is 318 g/mol. The Morgan fingerprint density at radius 2 is 1.76 bits per heavy atom. The molecule has 1 amide bonds. The van der Waals surface area contributed by atoms with Gasteiger partial charge in [0, 0.05) is 5.56 Å². The summed E-state index contributed by atoms with van der Waals surface area (Å²) >= 11 is 0. The van der Waals surface area contributed by atoms with Gasteiger partial charge in [0.05, 0.1) is 13.7 Å². The molecule has 0 heterocycles. The van der Waals surface area contributed by atoms with E-state index in [1.54, 1.807) is 50.5 Å². The van der Waals surface area contributed by atoms with Gasteiger partial charge in [-0.05, 0) is 36.8 Å². The van der Waals surface area contributed by atoms with E-state index in [0.717, 1.165) is 11.3 Å². The quantitative estimate of drug-likeness (QED) is 0.788. The molecule has 0 saturated carbocycles. The highest BCUT2D eigenvalue weighted by Gasteiger charge is 2.19. The van der Waals surface area contributed by atoms with Gasteiger partial charge in [-0.1, -0.05) is 42.5 Å². The second-order valence-corrected chi connectivity index (χ2v) is 5.20. The fraction of sp³-hybridized carbons (Fsp3) is 0.200. The molecule has 5 heteroatoms. The molecule has 0 aliphatic heterocycles. The molecular formula is C20H21NO4. The Labute approximate surface area is 147 Å². The van der Waals surface area contributed by atoms with Crippen molar-refractivity contribution in [3.63, 3.8) is 0 Å². The Hall–Kier alpha value is -3.08. The Morgan fingerprint density at radius 1 is 1.08 bits per heavy atom. The Kier molecular flexibility index (Phi) is 6.77. The van der Waals surface area contributed by atoms with Crippen molar-refractivity contribution in [2.75, 3.05) is 13.7 Å². The Morgan fingerprint density at radius 3 is 2.36 bits per heavy atom. The highest BCUT2D eigenvalue weighted by molar-refractivity contribution is 5.97. The number of hydrogen-bond acceptors (Lipinski definition) is 4. The predicted octanol–water partition coefficient (Wildman–Crippen LogP) is 3.07. The van der Waals surface area contributed by atoms with Gasteiger partial charge in [0.2, 0.25) is 0 Å². The summed E-state index contributed by atoms with van der Waals surface area (Å²) < 4.78 is 10.2. The lowest BCUT2D eigenvalue weighted by atomic mass is 10.1. The molecule has 130 valence electrons. The third-order valence-corrected chi connectivity index (χ3v) is 3.46. The van der Waals surface area contributed by atoms with Crippen molar-refractivity contribution < 1.29 is 19.1 Å². The maximum absolute atomic E-state index is 12.3. The average molecular weight is 339 g/mol. The van der Waals surface area contributed by atoms with E-state index in [1.165, 1.54) is 0 Å². The zero-order chi connectivity index (χ0) is 18.1. The zero-order valence-corrected chi connectivity index (χ0v) is 14.3. The second kappa shape index (κ2) is 9.27. The van der Waals surface area contributed by atoms with Crippen LogP contribution in [-0.4, -0.2) is 31.6 Å². The number of amides is 1. The van der Waals surface area contributed by atoms with Crippen LogP contribution in [0.3, 0.4) is 0 Å². The molecule has 2 aromatic carbocycles. The van der Waals surface area contributed by atoms with Crippen molar-refractivity contribution in [3.8, 4) is 5.75 Å². The van der Waals surface area contributed by atoms with E-state index < -0.39 is 12.0 Å². The minimum Gasteiger partial charge on any atom is -0.497 e. The smallest absolute Gasteiger partial charge is 0.332 e. The second-order valence-electron chi connectivity index (χ2n) is 5.20. The zero-order valence-electron chi connectivity index (χ0n) is 14.3. The highest BCUT2D eigenvalue weighted by Crippen LogP contribution is 2.13. The third-order valence-electron chi connectivity index (χ3n) is 3.46. The molecule has 0 fully saturated rings. The first-order valence-corrected chi connectivity index (χ1v) is 7.99. The molecule has 1 N–H and O–H groups in total. The number of methoxy groups -OCH3 is 1. The summed E-state index contributed by atoms with van der Waals surface area (Å²) in [6.07, 6.45) is 3.37. The summed E-state index contributed by atoms with van der Waals surface area (Å²) in [7, 11) is 1.60. The topological polar surface area (TPSA) is 64.6 Å². The highest BCUT2D eigenvalue weighted by atomic mass is 16.5. The number of hydrogen-bond donors (Lipinski definition) is 1. The lowest BCUT2D eigenvalue weighted by molar-refractivity contribution is -0.144. The molecule has 2 aromatic rings. The van der Waals surface area contributed by atoms with Crippen LogP contribution in [0, 0.1) is 0 Å². The van der Waals surface area contributed by atoms with Gasteiger partial charge in [0.25, 0.3) is 5.91 Å². The lowest BCUT2D eigenvalue weighted by Gasteiger charge is -2.14. The SMILES string of the molecule is CCOC(=O)C(/C=C/c1ccc(OC)cc1)NC(=O)c1ccccc1. The van der Waals surface area contributed by atoms with Crippen LogP contribution in [0.25, 0.3) is 6.08 Å². The molecule has 5 nitrogen and oxygen atoms in total. The van der Waals surface area contributed by atoms with E-state index in [1.807, 2.05) is 30.3 Å². The van der Waals surface area contributed by atoms with Crippen molar-refractivity contribution >= 4 is 18.0 Å². The van der Waals surface area contributed by atoms with Gasteiger partial charge in [-0.25, -0.2) is 4.79 Å². The third kappa shape index (κ3) is 5.49. The number of carbonyl (C=O) groups is 2. The average Bonchev–Trinajstić information content (AvgIpc) is 2.66. The largest absolute Gasteiger partial charge is 0.497 e. The van der Waals surface area contributed by atoms with Gasteiger partial charge < -0.3 is 14.8 Å². The van der Waals surface area contributed by atoms with Gasteiger partial charge in [0.1, 0.15) is 11.8 Å². The van der Waals surface area contributed by atoms with Gasteiger partial charge >= 0.3 is 5.97 Å². The first kappa shape index (κ1) is 18.3. The molecule has 0 spiro atoms. The molecule has 25 heavy (non-hydrogen) atoms. The normalized spacial score (nSPS) is 11.8. The summed E-state index contributed by atoms with van der Waals surface area (Å²) in [5.74, 6) is -0.0916. The number of esters is 1. The van der Waals surface area contributed by atoms with Gasteiger partial charge in [-0.3, -0.25) is 4.79 Å². The number of benzene rings is 2. The first-order chi connectivity index (χ1) is 12.1. The van der Waals surface area contributed by atoms with E-state index in [0.29, 0.717) is 5.56 Å². The predicted molar refractivity (Wildman–Crippen MR) is 96.4 cm³/mol. The van der Waals surface area contributed by atoms with Gasteiger partial charge in [-0.2, -0.15) is 0 Å². The van der Waals surface area contributed by atoms with Crippen molar-refractivity contribution in [1.29, 1.82) is 0 Å². The van der Waals surface area contributed by atoms with Crippen molar-refractivity contribution in [2.24, 2.45) is 0 Å². The minimum atomic E-state index is -0.866. The summed E-state index contributed by atoms with van der Waals surface area (Å²) in [4.78, 5) is 24.4. The Balaban J connectivity index is 2.13. The van der Waals surface area contributed by atoms with Crippen LogP contribution < -0.4 is 10.1 Å². The molecule has 0 aliphatic carbocycles. The van der Waals surface area contributed by atoms with Crippen molar-refractivity contribution in [1.82, 2.24) is 5.32 Å². The number of nitrogens with one attached hydrogen (secondary N) is 1. The summed E-state index contributed by atoms with van der Waals surface area (Å²) in [6, 6.07) is 15.2. The Bertz CT molecular complexity index is 723. The first-order valence-electron chi connectivity index (χ1n) is 7.99. The van der Waals surface area contributed by atoms with Crippen LogP contribution in [0.15, 0.2) is 60.7 Å². The minimum absolute atomic E-state index is 0.243.